The SMILES string of the molecule is CC(C)(C)OC(=O)Nc1sc2c(F)ccc(-c3c4c(c5c(NCc6nnc(C(F)F)[nH]6)nc(OC[C@@]67CCCN6C[C@H](F)C7)nc5c3Cl)COC4)c2c1C#N. The van der Waals surface area contributed by atoms with Crippen LogP contribution in [0.15, 0.2) is 12.1 Å². The molecule has 8 rings (SSSR count). The van der Waals surface area contributed by atoms with Crippen molar-refractivity contribution in [1.82, 2.24) is 30.0 Å². The van der Waals surface area contributed by atoms with Gasteiger partial charge in [0.25, 0.3) is 6.43 Å². The van der Waals surface area contributed by atoms with Crippen LogP contribution in [0.3, 0.4) is 0 Å². The average molecular weight is 800 g/mol. The summed E-state index contributed by atoms with van der Waals surface area (Å²) >= 11 is 8.22. The molecule has 0 aliphatic carbocycles. The van der Waals surface area contributed by atoms with Crippen LogP contribution >= 0.6 is 22.9 Å². The highest BCUT2D eigenvalue weighted by Gasteiger charge is 2.49. The number of thiophene rings is 1. The number of anilines is 2. The molecule has 0 spiro atoms. The molecule has 0 bridgehead atoms. The summed E-state index contributed by atoms with van der Waals surface area (Å²) in [5.74, 6) is -0.843. The first-order chi connectivity index (χ1) is 26.2. The number of alkyl halides is 3. The smallest absolute Gasteiger partial charge is 0.412 e. The number of aromatic nitrogens is 5. The second-order valence-electron chi connectivity index (χ2n) is 14.7. The number of rotatable bonds is 9. The lowest BCUT2D eigenvalue weighted by Crippen LogP contribution is -2.43. The summed E-state index contributed by atoms with van der Waals surface area (Å²) in [6.07, 6.45) is -2.69. The van der Waals surface area contributed by atoms with Gasteiger partial charge in [-0.3, -0.25) is 10.2 Å². The Balaban J connectivity index is 1.27. The molecule has 2 fully saturated rings. The number of hydrogen-bond donors (Lipinski definition) is 3. The van der Waals surface area contributed by atoms with Crippen LogP contribution in [0.5, 0.6) is 6.01 Å². The maximum Gasteiger partial charge on any atom is 0.412 e. The number of halogens is 5. The monoisotopic (exact) mass is 799 g/mol. The van der Waals surface area contributed by atoms with Gasteiger partial charge in [-0.25, -0.2) is 22.4 Å². The van der Waals surface area contributed by atoms with Gasteiger partial charge < -0.3 is 24.5 Å². The molecule has 0 unspecified atom stereocenters. The molecule has 19 heteroatoms. The number of nitrogens with one attached hydrogen (secondary N) is 3. The highest BCUT2D eigenvalue weighted by molar-refractivity contribution is 7.23. The van der Waals surface area contributed by atoms with E-state index in [1.807, 2.05) is 0 Å². The van der Waals surface area contributed by atoms with Gasteiger partial charge in [-0.2, -0.15) is 15.2 Å². The first-order valence-electron chi connectivity index (χ1n) is 17.5. The summed E-state index contributed by atoms with van der Waals surface area (Å²) in [5, 5.41) is 24.4. The maximum absolute atomic E-state index is 15.5. The Hall–Kier alpha value is -4.83. The van der Waals surface area contributed by atoms with Crippen molar-refractivity contribution in [2.24, 2.45) is 0 Å². The van der Waals surface area contributed by atoms with Crippen LogP contribution in [0.1, 0.15) is 74.8 Å². The van der Waals surface area contributed by atoms with Crippen LogP contribution in [0.2, 0.25) is 5.02 Å². The Kier molecular flexibility index (Phi) is 9.47. The number of hydrogen-bond acceptors (Lipinski definition) is 12. The summed E-state index contributed by atoms with van der Waals surface area (Å²) in [4.78, 5) is 26.8. The quantitative estimate of drug-likeness (QED) is 0.123. The number of nitriles is 1. The predicted molar refractivity (Wildman–Crippen MR) is 196 cm³/mol. The molecular formula is C36H34ClF4N9O4S. The minimum Gasteiger partial charge on any atom is -0.461 e. The Morgan fingerprint density at radius 3 is 2.78 bits per heavy atom. The van der Waals surface area contributed by atoms with Gasteiger partial charge >= 0.3 is 12.1 Å². The van der Waals surface area contributed by atoms with E-state index in [2.05, 4.69) is 36.8 Å². The molecule has 2 atom stereocenters. The van der Waals surface area contributed by atoms with E-state index < -0.39 is 41.5 Å². The Labute approximate surface area is 320 Å². The van der Waals surface area contributed by atoms with E-state index in [0.29, 0.717) is 40.6 Å². The van der Waals surface area contributed by atoms with E-state index in [4.69, 9.17) is 35.8 Å². The van der Waals surface area contributed by atoms with Gasteiger partial charge in [-0.05, 0) is 62.9 Å². The van der Waals surface area contributed by atoms with Crippen molar-refractivity contribution in [3.63, 3.8) is 0 Å². The molecule has 5 aromatic rings. The standard InChI is InChI=1S/C36H34ClF4N9O4S/c1-35(2,3)54-34(51)47-32-18(10-42)24-17(5-6-21(39)28(24)55-32)23-19-13-52-14-20(19)25-27(26(23)37)45-33(53-15-36-7-4-8-50(36)12-16(38)9-36)46-30(25)43-11-22-44-31(29(40)41)49-48-22/h5-6,16,29H,4,7-9,11-15H2,1-3H3,(H,47,51)(H,43,45,46)(H,44,48,49)/t16-,36+/m1/s1. The van der Waals surface area contributed by atoms with E-state index >= 15 is 4.39 Å². The third-order valence-corrected chi connectivity index (χ3v) is 11.5. The third-order valence-electron chi connectivity index (χ3n) is 9.97. The Bertz CT molecular complexity index is 2400. The van der Waals surface area contributed by atoms with Crippen LogP contribution in [-0.4, -0.2) is 73.2 Å². The number of fused-ring (bicyclic) bond motifs is 5. The van der Waals surface area contributed by atoms with E-state index in [9.17, 15) is 23.2 Å². The van der Waals surface area contributed by atoms with E-state index in [-0.39, 0.29) is 75.2 Å². The molecule has 0 saturated carbocycles. The van der Waals surface area contributed by atoms with Crippen molar-refractivity contribution in [3.05, 3.63) is 51.3 Å². The molecular weight excluding hydrogens is 766 g/mol. The number of nitrogens with zero attached hydrogens (tertiary/aromatic N) is 6. The topological polar surface area (TPSA) is 163 Å². The fraction of sp³-hybridized carbons (Fsp3) is 0.444. The van der Waals surface area contributed by atoms with Crippen molar-refractivity contribution in [3.8, 4) is 23.2 Å². The number of aromatic amines is 1. The van der Waals surface area contributed by atoms with E-state index in [0.717, 1.165) is 30.7 Å². The molecule has 3 N–H and O–H groups in total. The number of H-pyrrole nitrogens is 1. The number of carbonyl (C=O) groups is 1. The van der Waals surface area contributed by atoms with Crippen LogP contribution in [0, 0.1) is 17.1 Å². The van der Waals surface area contributed by atoms with Crippen molar-refractivity contribution in [1.29, 1.82) is 5.26 Å². The Morgan fingerprint density at radius 2 is 2.04 bits per heavy atom. The highest BCUT2D eigenvalue weighted by atomic mass is 35.5. The predicted octanol–water partition coefficient (Wildman–Crippen LogP) is 8.18. The second-order valence-corrected chi connectivity index (χ2v) is 16.1. The molecule has 3 aromatic heterocycles. The number of amides is 1. The lowest BCUT2D eigenvalue weighted by Gasteiger charge is -2.30. The number of ether oxygens (including phenoxy) is 3. The number of benzene rings is 2. The molecule has 55 heavy (non-hydrogen) atoms. The summed E-state index contributed by atoms with van der Waals surface area (Å²) in [5.41, 5.74) is 0.987. The zero-order valence-electron chi connectivity index (χ0n) is 29.8. The summed E-state index contributed by atoms with van der Waals surface area (Å²) in [7, 11) is 0. The molecule has 13 nitrogen and oxygen atoms in total. The summed E-state index contributed by atoms with van der Waals surface area (Å²) in [6.45, 7) is 6.38. The minimum absolute atomic E-state index is 0.0107. The van der Waals surface area contributed by atoms with Gasteiger partial charge in [0, 0.05) is 23.9 Å². The van der Waals surface area contributed by atoms with E-state index in [1.165, 1.54) is 12.1 Å². The fourth-order valence-electron chi connectivity index (χ4n) is 7.76. The lowest BCUT2D eigenvalue weighted by atomic mass is 9.91. The minimum atomic E-state index is -2.85. The first kappa shape index (κ1) is 37.1. The maximum atomic E-state index is 15.5. The lowest BCUT2D eigenvalue weighted by molar-refractivity contribution is 0.0636. The second kappa shape index (κ2) is 14.0. The van der Waals surface area contributed by atoms with Crippen molar-refractivity contribution in [2.75, 3.05) is 30.3 Å². The zero-order valence-corrected chi connectivity index (χ0v) is 31.4. The average Bonchev–Trinajstić information content (AvgIpc) is 3.95. The van der Waals surface area contributed by atoms with Crippen LogP contribution in [-0.2, 0) is 29.2 Å². The van der Waals surface area contributed by atoms with Gasteiger partial charge in [-0.15, -0.1) is 21.5 Å². The van der Waals surface area contributed by atoms with Gasteiger partial charge in [0.1, 0.15) is 46.9 Å². The van der Waals surface area contributed by atoms with Crippen molar-refractivity contribution in [2.45, 2.75) is 83.5 Å². The molecule has 3 aliphatic rings. The van der Waals surface area contributed by atoms with Crippen LogP contribution in [0.4, 0.5) is 33.2 Å². The number of carbonyl (C=O) groups excluding carboxylic acids is 1. The highest BCUT2D eigenvalue weighted by Crippen LogP contribution is 2.50. The molecule has 0 radical (unpaired) electrons. The summed E-state index contributed by atoms with van der Waals surface area (Å²) < 4.78 is 74.4. The van der Waals surface area contributed by atoms with Crippen LogP contribution in [0.25, 0.3) is 32.1 Å². The van der Waals surface area contributed by atoms with Gasteiger partial charge in [0.15, 0.2) is 5.82 Å². The molecule has 2 aromatic carbocycles. The molecule has 288 valence electrons. The van der Waals surface area contributed by atoms with Crippen LogP contribution < -0.4 is 15.4 Å². The Morgan fingerprint density at radius 1 is 1.24 bits per heavy atom. The van der Waals surface area contributed by atoms with Gasteiger partial charge in [0.2, 0.25) is 0 Å². The zero-order chi connectivity index (χ0) is 38.8. The molecule has 3 aliphatic heterocycles. The molecule has 1 amide bonds. The van der Waals surface area contributed by atoms with Crippen molar-refractivity contribution >= 4 is 60.8 Å². The van der Waals surface area contributed by atoms with Crippen molar-refractivity contribution < 1.29 is 36.6 Å². The van der Waals surface area contributed by atoms with Gasteiger partial charge in [-0.1, -0.05) is 17.7 Å². The summed E-state index contributed by atoms with van der Waals surface area (Å²) in [6, 6.07) is 4.82. The third kappa shape index (κ3) is 6.76. The molecule has 2 saturated heterocycles. The normalized spacial score (nSPS) is 19.6. The largest absolute Gasteiger partial charge is 0.461 e. The first-order valence-corrected chi connectivity index (χ1v) is 18.7. The van der Waals surface area contributed by atoms with Gasteiger partial charge in [0.05, 0.1) is 51.5 Å². The fourth-order valence-corrected chi connectivity index (χ4v) is 9.18. The molecule has 6 heterocycles. The van der Waals surface area contributed by atoms with E-state index in [1.54, 1.807) is 20.8 Å².